The van der Waals surface area contributed by atoms with E-state index in [1.807, 2.05) is 20.8 Å². The molecule has 1 N–H and O–H groups in total. The lowest BCUT2D eigenvalue weighted by Crippen LogP contribution is -2.50. The summed E-state index contributed by atoms with van der Waals surface area (Å²) in [5.41, 5.74) is 0. The van der Waals surface area contributed by atoms with Crippen LogP contribution in [-0.4, -0.2) is 32.9 Å². The number of nitrogens with one attached hydrogen (secondary N) is 1. The predicted octanol–water partition coefficient (Wildman–Crippen LogP) is 0.739. The third kappa shape index (κ3) is 2.68. The average Bonchev–Trinajstić information content (AvgIpc) is 1.95. The van der Waals surface area contributed by atoms with E-state index in [1.165, 1.54) is 0 Å². The predicted molar refractivity (Wildman–Crippen MR) is 55.6 cm³/mol. The zero-order chi connectivity index (χ0) is 10.8. The van der Waals surface area contributed by atoms with Crippen LogP contribution in [0.5, 0.6) is 0 Å². The highest BCUT2D eigenvalue weighted by Crippen LogP contribution is 2.14. The van der Waals surface area contributed by atoms with Gasteiger partial charge in [0.15, 0.2) is 0 Å². The maximum Gasteiger partial charge on any atom is 0.219 e. The number of sulfonamides is 1. The van der Waals surface area contributed by atoms with Crippen LogP contribution in [0.2, 0.25) is 0 Å². The number of rotatable bonds is 5. The topological polar surface area (TPSA) is 55.4 Å². The van der Waals surface area contributed by atoms with Crippen molar-refractivity contribution in [2.75, 3.05) is 13.2 Å². The molecule has 4 nitrogen and oxygen atoms in total. The van der Waals surface area contributed by atoms with Crippen LogP contribution in [0.4, 0.5) is 0 Å². The molecular weight excluding hydrogens is 202 g/mol. The van der Waals surface area contributed by atoms with E-state index in [0.29, 0.717) is 19.1 Å². The standard InChI is InChI=1S/C9H19NO3S/c1-4-9(7(2)3)10-14(11,12)8-5-13-6-8/h7-10H,4-6H2,1-3H3. The monoisotopic (exact) mass is 221 g/mol. The van der Waals surface area contributed by atoms with Gasteiger partial charge in [-0.05, 0) is 12.3 Å². The Labute approximate surface area is 86.1 Å². The van der Waals surface area contributed by atoms with Crippen molar-refractivity contribution in [2.45, 2.75) is 38.5 Å². The van der Waals surface area contributed by atoms with Crippen molar-refractivity contribution >= 4 is 10.0 Å². The highest BCUT2D eigenvalue weighted by molar-refractivity contribution is 7.90. The Morgan fingerprint density at radius 3 is 2.29 bits per heavy atom. The van der Waals surface area contributed by atoms with Crippen molar-refractivity contribution in [3.63, 3.8) is 0 Å². The van der Waals surface area contributed by atoms with Crippen molar-refractivity contribution in [2.24, 2.45) is 5.92 Å². The molecule has 5 heteroatoms. The van der Waals surface area contributed by atoms with Gasteiger partial charge in [-0.25, -0.2) is 13.1 Å². The molecule has 1 heterocycles. The number of hydrogen-bond donors (Lipinski definition) is 1. The van der Waals surface area contributed by atoms with E-state index in [-0.39, 0.29) is 11.3 Å². The molecule has 0 aliphatic carbocycles. The van der Waals surface area contributed by atoms with Gasteiger partial charge < -0.3 is 4.74 Å². The fourth-order valence-electron chi connectivity index (χ4n) is 1.39. The van der Waals surface area contributed by atoms with Crippen LogP contribution in [0, 0.1) is 5.92 Å². The van der Waals surface area contributed by atoms with Crippen molar-refractivity contribution in [1.82, 2.24) is 4.72 Å². The summed E-state index contributed by atoms with van der Waals surface area (Å²) in [6, 6.07) is 0.0422. The Hall–Kier alpha value is -0.130. The smallest absolute Gasteiger partial charge is 0.219 e. The molecule has 14 heavy (non-hydrogen) atoms. The molecule has 1 saturated heterocycles. The van der Waals surface area contributed by atoms with Gasteiger partial charge in [0.05, 0.1) is 13.2 Å². The highest BCUT2D eigenvalue weighted by Gasteiger charge is 2.34. The lowest BCUT2D eigenvalue weighted by Gasteiger charge is -2.29. The van der Waals surface area contributed by atoms with Crippen LogP contribution in [0.15, 0.2) is 0 Å². The Balaban J connectivity index is 2.56. The zero-order valence-electron chi connectivity index (χ0n) is 8.99. The van der Waals surface area contributed by atoms with Crippen LogP contribution >= 0.6 is 0 Å². The first-order valence-corrected chi connectivity index (χ1v) is 6.61. The van der Waals surface area contributed by atoms with Crippen LogP contribution in [0.25, 0.3) is 0 Å². The second-order valence-electron chi connectivity index (χ2n) is 4.08. The summed E-state index contributed by atoms with van der Waals surface area (Å²) in [5.74, 6) is 0.329. The van der Waals surface area contributed by atoms with Crippen LogP contribution in [0.1, 0.15) is 27.2 Å². The first kappa shape index (κ1) is 11.9. The molecule has 0 amide bonds. The lowest BCUT2D eigenvalue weighted by molar-refractivity contribution is 0.0409. The van der Waals surface area contributed by atoms with E-state index in [0.717, 1.165) is 6.42 Å². The summed E-state index contributed by atoms with van der Waals surface area (Å²) < 4.78 is 31.0. The van der Waals surface area contributed by atoms with Gasteiger partial charge in [0.1, 0.15) is 5.25 Å². The van der Waals surface area contributed by atoms with Crippen LogP contribution in [0.3, 0.4) is 0 Å². The second kappa shape index (κ2) is 4.59. The minimum Gasteiger partial charge on any atom is -0.378 e. The van der Waals surface area contributed by atoms with E-state index >= 15 is 0 Å². The lowest BCUT2D eigenvalue weighted by atomic mass is 10.0. The molecule has 1 unspecified atom stereocenters. The van der Waals surface area contributed by atoms with Gasteiger partial charge in [0.2, 0.25) is 10.0 Å². The van der Waals surface area contributed by atoms with Gasteiger partial charge in [-0.15, -0.1) is 0 Å². The van der Waals surface area contributed by atoms with E-state index in [2.05, 4.69) is 4.72 Å². The largest absolute Gasteiger partial charge is 0.378 e. The normalized spacial score (nSPS) is 20.9. The summed E-state index contributed by atoms with van der Waals surface area (Å²) in [6.07, 6.45) is 0.824. The Morgan fingerprint density at radius 2 is 2.00 bits per heavy atom. The average molecular weight is 221 g/mol. The summed E-state index contributed by atoms with van der Waals surface area (Å²) >= 11 is 0. The third-order valence-electron chi connectivity index (χ3n) is 2.61. The van der Waals surface area contributed by atoms with E-state index in [4.69, 9.17) is 4.74 Å². The second-order valence-corrected chi connectivity index (χ2v) is 6.07. The van der Waals surface area contributed by atoms with Gasteiger partial charge in [0.25, 0.3) is 0 Å². The molecule has 1 fully saturated rings. The van der Waals surface area contributed by atoms with E-state index in [1.54, 1.807) is 0 Å². The summed E-state index contributed by atoms with van der Waals surface area (Å²) in [4.78, 5) is 0. The molecule has 0 bridgehead atoms. The molecule has 0 radical (unpaired) electrons. The van der Waals surface area contributed by atoms with Gasteiger partial charge in [-0.2, -0.15) is 0 Å². The maximum absolute atomic E-state index is 11.7. The minimum atomic E-state index is -3.15. The molecule has 1 rings (SSSR count). The molecule has 0 aromatic rings. The van der Waals surface area contributed by atoms with Crippen molar-refractivity contribution < 1.29 is 13.2 Å². The van der Waals surface area contributed by atoms with Gasteiger partial charge in [0, 0.05) is 6.04 Å². The molecule has 84 valence electrons. The van der Waals surface area contributed by atoms with Gasteiger partial charge in [-0.1, -0.05) is 20.8 Å². The number of hydrogen-bond acceptors (Lipinski definition) is 3. The van der Waals surface area contributed by atoms with E-state index < -0.39 is 10.0 Å². The molecule has 1 atom stereocenters. The summed E-state index contributed by atoms with van der Waals surface area (Å²) in [5, 5.41) is -0.338. The first-order chi connectivity index (χ1) is 6.47. The first-order valence-electron chi connectivity index (χ1n) is 5.06. The molecule has 1 aliphatic rings. The van der Waals surface area contributed by atoms with Crippen molar-refractivity contribution in [1.29, 1.82) is 0 Å². The Bertz CT molecular complexity index is 270. The molecule has 0 spiro atoms. The molecular formula is C9H19NO3S. The van der Waals surface area contributed by atoms with Crippen molar-refractivity contribution in [3.05, 3.63) is 0 Å². The molecule has 1 aliphatic heterocycles. The summed E-state index contributed by atoms with van der Waals surface area (Å²) in [7, 11) is -3.15. The quantitative estimate of drug-likeness (QED) is 0.745. The van der Waals surface area contributed by atoms with Crippen molar-refractivity contribution in [3.8, 4) is 0 Å². The fourth-order valence-corrected chi connectivity index (χ4v) is 3.00. The third-order valence-corrected chi connectivity index (χ3v) is 4.39. The Kier molecular flexibility index (Phi) is 3.92. The molecule has 0 aromatic carbocycles. The molecule has 0 saturated carbocycles. The number of ether oxygens (including phenoxy) is 1. The van der Waals surface area contributed by atoms with Gasteiger partial charge in [-0.3, -0.25) is 0 Å². The molecule has 0 aromatic heterocycles. The highest BCUT2D eigenvalue weighted by atomic mass is 32.2. The SMILES string of the molecule is CCC(NS(=O)(=O)C1COC1)C(C)C. The fraction of sp³-hybridized carbons (Fsp3) is 1.00. The van der Waals surface area contributed by atoms with E-state index in [9.17, 15) is 8.42 Å². The summed E-state index contributed by atoms with van der Waals surface area (Å²) in [6.45, 7) is 6.71. The van der Waals surface area contributed by atoms with Crippen LogP contribution in [-0.2, 0) is 14.8 Å². The minimum absolute atomic E-state index is 0.0422. The Morgan fingerprint density at radius 1 is 1.43 bits per heavy atom. The van der Waals surface area contributed by atoms with Crippen LogP contribution < -0.4 is 4.72 Å². The maximum atomic E-state index is 11.7. The van der Waals surface area contributed by atoms with Gasteiger partial charge >= 0.3 is 0 Å². The zero-order valence-corrected chi connectivity index (χ0v) is 9.80.